The van der Waals surface area contributed by atoms with Crippen molar-refractivity contribution in [2.24, 2.45) is 5.92 Å². The van der Waals surface area contributed by atoms with Crippen molar-refractivity contribution in [3.05, 3.63) is 0 Å². The van der Waals surface area contributed by atoms with Gasteiger partial charge >= 0.3 is 0 Å². The van der Waals surface area contributed by atoms with Gasteiger partial charge in [0.25, 0.3) is 0 Å². The zero-order valence-electron chi connectivity index (χ0n) is 8.80. The Morgan fingerprint density at radius 1 is 1.14 bits per heavy atom. The molecule has 78 valence electrons. The Morgan fingerprint density at radius 3 is 2.93 bits per heavy atom. The first-order valence-corrected chi connectivity index (χ1v) is 6.54. The van der Waals surface area contributed by atoms with Gasteiger partial charge in [-0.15, -0.1) is 0 Å². The molecule has 0 amide bonds. The second kappa shape index (κ2) is 3.19. The zero-order chi connectivity index (χ0) is 9.60. The average molecular weight is 209 g/mol. The van der Waals surface area contributed by atoms with E-state index in [-0.39, 0.29) is 0 Å². The van der Waals surface area contributed by atoms with Gasteiger partial charge in [-0.25, -0.2) is 0 Å². The molecule has 0 bridgehead atoms. The summed E-state index contributed by atoms with van der Waals surface area (Å²) in [6.45, 7) is 1.26. The van der Waals surface area contributed by atoms with Crippen molar-refractivity contribution in [1.82, 2.24) is 4.90 Å². The third kappa shape index (κ3) is 1.09. The van der Waals surface area contributed by atoms with E-state index in [1.807, 2.05) is 0 Å². The van der Waals surface area contributed by atoms with Crippen molar-refractivity contribution in [2.75, 3.05) is 6.54 Å². The summed E-state index contributed by atoms with van der Waals surface area (Å²) in [7, 11) is 0. The molecule has 2 aliphatic heterocycles. The molecule has 2 heteroatoms. The third-order valence-corrected chi connectivity index (χ3v) is 5.13. The molecule has 0 unspecified atom stereocenters. The monoisotopic (exact) mass is 209 g/mol. The first kappa shape index (κ1) is 9.14. The molecule has 1 aliphatic carbocycles. The fraction of sp³-hybridized carbons (Fsp3) is 0.917. The SMILES string of the molecule is S=C1CC[C@H]2CCCC[C@]23CCCN13. The van der Waals surface area contributed by atoms with E-state index in [0.717, 1.165) is 5.92 Å². The predicted molar refractivity (Wildman–Crippen MR) is 62.5 cm³/mol. The number of nitrogens with zero attached hydrogens (tertiary/aromatic N) is 1. The summed E-state index contributed by atoms with van der Waals surface area (Å²) in [6, 6.07) is 0. The van der Waals surface area contributed by atoms with E-state index in [0.29, 0.717) is 5.54 Å². The van der Waals surface area contributed by atoms with Gasteiger partial charge in [0, 0.05) is 12.1 Å². The second-order valence-electron chi connectivity index (χ2n) is 5.23. The van der Waals surface area contributed by atoms with Gasteiger partial charge < -0.3 is 4.90 Å². The molecule has 2 atom stereocenters. The van der Waals surface area contributed by atoms with Gasteiger partial charge in [-0.05, 0) is 44.4 Å². The largest absolute Gasteiger partial charge is 0.360 e. The molecule has 14 heavy (non-hydrogen) atoms. The number of rotatable bonds is 0. The smallest absolute Gasteiger partial charge is 0.0784 e. The Balaban J connectivity index is 1.95. The molecule has 2 saturated heterocycles. The summed E-state index contributed by atoms with van der Waals surface area (Å²) in [5, 5.41) is 0. The Kier molecular flexibility index (Phi) is 2.08. The number of hydrogen-bond acceptors (Lipinski definition) is 1. The number of hydrogen-bond donors (Lipinski definition) is 0. The Labute approximate surface area is 91.9 Å². The highest BCUT2D eigenvalue weighted by Gasteiger charge is 2.50. The first-order chi connectivity index (χ1) is 6.83. The van der Waals surface area contributed by atoms with E-state index in [9.17, 15) is 0 Å². The van der Waals surface area contributed by atoms with E-state index in [1.165, 1.54) is 62.9 Å². The van der Waals surface area contributed by atoms with Gasteiger partial charge in [-0.1, -0.05) is 25.1 Å². The van der Waals surface area contributed by atoms with Crippen LogP contribution in [0, 0.1) is 5.92 Å². The number of piperidine rings is 1. The minimum absolute atomic E-state index is 0.549. The van der Waals surface area contributed by atoms with E-state index < -0.39 is 0 Å². The van der Waals surface area contributed by atoms with Crippen molar-refractivity contribution in [1.29, 1.82) is 0 Å². The molecule has 0 radical (unpaired) electrons. The maximum absolute atomic E-state index is 5.53. The molecule has 1 nitrogen and oxygen atoms in total. The summed E-state index contributed by atoms with van der Waals surface area (Å²) in [6.07, 6.45) is 11.2. The Morgan fingerprint density at radius 2 is 2.00 bits per heavy atom. The fourth-order valence-electron chi connectivity index (χ4n) is 4.10. The molecule has 2 heterocycles. The molecule has 3 aliphatic rings. The highest BCUT2D eigenvalue weighted by Crippen LogP contribution is 2.50. The molecule has 0 aromatic heterocycles. The van der Waals surface area contributed by atoms with E-state index in [1.54, 1.807) is 0 Å². The maximum atomic E-state index is 5.53. The lowest BCUT2D eigenvalue weighted by Gasteiger charge is -2.52. The van der Waals surface area contributed by atoms with Crippen molar-refractivity contribution in [3.8, 4) is 0 Å². The fourth-order valence-corrected chi connectivity index (χ4v) is 4.49. The summed E-state index contributed by atoms with van der Waals surface area (Å²) in [5.41, 5.74) is 0.549. The zero-order valence-corrected chi connectivity index (χ0v) is 9.61. The van der Waals surface area contributed by atoms with Crippen molar-refractivity contribution < 1.29 is 0 Å². The lowest BCUT2D eigenvalue weighted by molar-refractivity contribution is 0.0639. The van der Waals surface area contributed by atoms with E-state index >= 15 is 0 Å². The van der Waals surface area contributed by atoms with Gasteiger partial charge in [0.05, 0.1) is 4.99 Å². The van der Waals surface area contributed by atoms with Crippen molar-refractivity contribution >= 4 is 17.2 Å². The third-order valence-electron chi connectivity index (χ3n) is 4.71. The lowest BCUT2D eigenvalue weighted by Crippen LogP contribution is -2.56. The predicted octanol–water partition coefficient (Wildman–Crippen LogP) is 3.13. The topological polar surface area (TPSA) is 3.24 Å². The normalized spacial score (nSPS) is 42.1. The van der Waals surface area contributed by atoms with Crippen LogP contribution in [0.25, 0.3) is 0 Å². The van der Waals surface area contributed by atoms with E-state index in [4.69, 9.17) is 12.2 Å². The van der Waals surface area contributed by atoms with Crippen LogP contribution >= 0.6 is 12.2 Å². The molecular formula is C12H19NS. The minimum atomic E-state index is 0.549. The highest BCUT2D eigenvalue weighted by molar-refractivity contribution is 7.80. The van der Waals surface area contributed by atoms with Crippen LogP contribution in [0.5, 0.6) is 0 Å². The second-order valence-corrected chi connectivity index (χ2v) is 5.71. The molecule has 3 rings (SSSR count). The summed E-state index contributed by atoms with van der Waals surface area (Å²) >= 11 is 5.53. The maximum Gasteiger partial charge on any atom is 0.0784 e. The highest BCUT2D eigenvalue weighted by atomic mass is 32.1. The van der Waals surface area contributed by atoms with E-state index in [2.05, 4.69) is 4.90 Å². The van der Waals surface area contributed by atoms with Gasteiger partial charge in [0.2, 0.25) is 0 Å². The summed E-state index contributed by atoms with van der Waals surface area (Å²) < 4.78 is 0. The first-order valence-electron chi connectivity index (χ1n) is 6.13. The number of thiocarbonyl (C=S) groups is 1. The van der Waals surface area contributed by atoms with Crippen LogP contribution in [0.4, 0.5) is 0 Å². The molecular weight excluding hydrogens is 190 g/mol. The van der Waals surface area contributed by atoms with Crippen LogP contribution in [0.3, 0.4) is 0 Å². The summed E-state index contributed by atoms with van der Waals surface area (Å²) in [4.78, 5) is 3.90. The molecule has 0 aromatic rings. The van der Waals surface area contributed by atoms with Crippen LogP contribution in [0.2, 0.25) is 0 Å². The Bertz CT molecular complexity index is 263. The summed E-state index contributed by atoms with van der Waals surface area (Å²) in [5.74, 6) is 0.977. The lowest BCUT2D eigenvalue weighted by atomic mass is 9.67. The van der Waals surface area contributed by atoms with Crippen LogP contribution < -0.4 is 0 Å². The Hall–Kier alpha value is -0.110. The molecule has 1 saturated carbocycles. The van der Waals surface area contributed by atoms with Crippen LogP contribution in [-0.4, -0.2) is 22.0 Å². The van der Waals surface area contributed by atoms with Crippen LogP contribution in [0.1, 0.15) is 51.4 Å². The quantitative estimate of drug-likeness (QED) is 0.564. The average Bonchev–Trinajstić information content (AvgIpc) is 2.62. The van der Waals surface area contributed by atoms with Crippen molar-refractivity contribution in [2.45, 2.75) is 56.9 Å². The van der Waals surface area contributed by atoms with Gasteiger partial charge in [-0.3, -0.25) is 0 Å². The molecule has 3 fully saturated rings. The van der Waals surface area contributed by atoms with Crippen LogP contribution in [0.15, 0.2) is 0 Å². The van der Waals surface area contributed by atoms with Gasteiger partial charge in [0.15, 0.2) is 0 Å². The van der Waals surface area contributed by atoms with Gasteiger partial charge in [-0.2, -0.15) is 0 Å². The molecule has 1 spiro atoms. The molecule has 0 aromatic carbocycles. The minimum Gasteiger partial charge on any atom is -0.360 e. The van der Waals surface area contributed by atoms with Gasteiger partial charge in [0.1, 0.15) is 0 Å². The van der Waals surface area contributed by atoms with Crippen LogP contribution in [-0.2, 0) is 0 Å². The molecule has 0 N–H and O–H groups in total. The standard InChI is InChI=1S/C12H19NS/c14-11-6-5-10-4-1-2-7-12(10)8-3-9-13(11)12/h10H,1-9H2/t10-,12+/m1/s1. The van der Waals surface area contributed by atoms with Crippen molar-refractivity contribution in [3.63, 3.8) is 0 Å².